The van der Waals surface area contributed by atoms with Gasteiger partial charge < -0.3 is 10.2 Å². The molecule has 158 valence electrons. The lowest BCUT2D eigenvalue weighted by atomic mass is 9.95. The Kier molecular flexibility index (Phi) is 5.99. The predicted molar refractivity (Wildman–Crippen MR) is 119 cm³/mol. The van der Waals surface area contributed by atoms with Crippen molar-refractivity contribution in [3.63, 3.8) is 0 Å². The van der Waals surface area contributed by atoms with Gasteiger partial charge in [0.2, 0.25) is 5.91 Å². The normalized spacial score (nSPS) is 16.1. The Balaban J connectivity index is 1.42. The van der Waals surface area contributed by atoms with Crippen LogP contribution in [-0.2, 0) is 11.2 Å². The molecule has 3 heterocycles. The fourth-order valence-corrected chi connectivity index (χ4v) is 4.82. The van der Waals surface area contributed by atoms with Gasteiger partial charge in [-0.3, -0.25) is 4.79 Å². The number of nitrogens with one attached hydrogen (secondary N) is 1. The van der Waals surface area contributed by atoms with Crippen LogP contribution in [0.4, 0.5) is 10.2 Å². The van der Waals surface area contributed by atoms with E-state index in [4.69, 9.17) is 4.98 Å². The van der Waals surface area contributed by atoms with Crippen molar-refractivity contribution in [2.75, 3.05) is 18.0 Å². The Morgan fingerprint density at radius 1 is 1.27 bits per heavy atom. The Labute approximate surface area is 180 Å². The van der Waals surface area contributed by atoms with Gasteiger partial charge in [-0.25, -0.2) is 14.4 Å². The average molecular weight is 427 g/mol. The van der Waals surface area contributed by atoms with E-state index in [-0.39, 0.29) is 23.7 Å². The highest BCUT2D eigenvalue weighted by molar-refractivity contribution is 7.11. The molecule has 1 aromatic carbocycles. The van der Waals surface area contributed by atoms with E-state index in [2.05, 4.69) is 34.4 Å². The molecule has 5 nitrogen and oxygen atoms in total. The Hall–Kier alpha value is -2.54. The van der Waals surface area contributed by atoms with Crippen molar-refractivity contribution in [2.45, 2.75) is 46.1 Å². The number of carbonyl (C=O) groups is 1. The number of fused-ring (bicyclic) bond motifs is 1. The summed E-state index contributed by atoms with van der Waals surface area (Å²) in [7, 11) is 0. The lowest BCUT2D eigenvalue weighted by molar-refractivity contribution is -0.126. The predicted octanol–water partition coefficient (Wildman–Crippen LogP) is 4.80. The molecule has 0 saturated carbocycles. The van der Waals surface area contributed by atoms with Gasteiger partial charge in [-0.05, 0) is 44.4 Å². The summed E-state index contributed by atoms with van der Waals surface area (Å²) in [6.07, 6.45) is 2.38. The van der Waals surface area contributed by atoms with Crippen molar-refractivity contribution in [2.24, 2.45) is 5.92 Å². The van der Waals surface area contributed by atoms with Gasteiger partial charge in [0.1, 0.15) is 17.5 Å². The van der Waals surface area contributed by atoms with Crippen LogP contribution in [0.5, 0.6) is 0 Å². The number of anilines is 1. The number of halogens is 1. The first-order chi connectivity index (χ1) is 14.5. The van der Waals surface area contributed by atoms with Gasteiger partial charge in [-0.1, -0.05) is 19.1 Å². The minimum atomic E-state index is -0.268. The third kappa shape index (κ3) is 4.17. The monoisotopic (exact) mass is 426 g/mol. The molecule has 1 atom stereocenters. The molecule has 3 aromatic rings. The first kappa shape index (κ1) is 20.7. The van der Waals surface area contributed by atoms with Gasteiger partial charge >= 0.3 is 0 Å². The van der Waals surface area contributed by atoms with E-state index in [0.717, 1.165) is 60.5 Å². The SMILES string of the molecule is CCc1nc(N2CCC(C(=O)N[C@H](C)c3ccc(F)cc3)CC2)c2c(C)scc2n1. The standard InChI is InChI=1S/C23H27FN4OS/c1-4-20-26-19-13-30-15(3)21(19)22(27-20)28-11-9-17(10-12-28)23(29)25-14(2)16-5-7-18(24)8-6-16/h5-8,13-14,17H,4,9-12H2,1-3H3,(H,25,29)/t14-/m1/s1. The van der Waals surface area contributed by atoms with Crippen LogP contribution in [0.25, 0.3) is 10.9 Å². The summed E-state index contributed by atoms with van der Waals surface area (Å²) in [6, 6.07) is 6.15. The molecule has 0 aliphatic carbocycles. The number of rotatable bonds is 5. The highest BCUT2D eigenvalue weighted by Crippen LogP contribution is 2.33. The molecular weight excluding hydrogens is 399 g/mol. The van der Waals surface area contributed by atoms with E-state index in [9.17, 15) is 9.18 Å². The van der Waals surface area contributed by atoms with Crippen LogP contribution in [0, 0.1) is 18.7 Å². The Morgan fingerprint density at radius 2 is 1.97 bits per heavy atom. The minimum Gasteiger partial charge on any atom is -0.356 e. The summed E-state index contributed by atoms with van der Waals surface area (Å²) in [4.78, 5) is 25.8. The molecule has 1 aliphatic heterocycles. The molecule has 1 amide bonds. The molecule has 4 rings (SSSR count). The minimum absolute atomic E-state index is 0.0179. The molecule has 7 heteroatoms. The van der Waals surface area contributed by atoms with E-state index in [1.807, 2.05) is 6.92 Å². The lowest BCUT2D eigenvalue weighted by Crippen LogP contribution is -2.41. The summed E-state index contributed by atoms with van der Waals surface area (Å²) in [5.74, 6) is 1.66. The highest BCUT2D eigenvalue weighted by Gasteiger charge is 2.28. The van der Waals surface area contributed by atoms with Gasteiger partial charge in [-0.2, -0.15) is 0 Å². The maximum absolute atomic E-state index is 13.1. The third-order valence-electron chi connectivity index (χ3n) is 5.87. The van der Waals surface area contributed by atoms with E-state index >= 15 is 0 Å². The van der Waals surface area contributed by atoms with Gasteiger partial charge in [0, 0.05) is 35.7 Å². The number of carbonyl (C=O) groups excluding carboxylic acids is 1. The van der Waals surface area contributed by atoms with Crippen LogP contribution in [-0.4, -0.2) is 29.0 Å². The fourth-order valence-electron chi connectivity index (χ4n) is 4.05. The Bertz CT molecular complexity index is 1040. The maximum Gasteiger partial charge on any atom is 0.223 e. The number of nitrogens with zero attached hydrogens (tertiary/aromatic N) is 3. The molecule has 1 N–H and O–H groups in total. The number of aryl methyl sites for hydroxylation is 2. The van der Waals surface area contributed by atoms with Crippen molar-refractivity contribution >= 4 is 34.0 Å². The number of thiophene rings is 1. The second-order valence-corrected chi connectivity index (χ2v) is 9.00. The van der Waals surface area contributed by atoms with Gasteiger partial charge in [0.15, 0.2) is 0 Å². The Morgan fingerprint density at radius 3 is 2.63 bits per heavy atom. The highest BCUT2D eigenvalue weighted by atomic mass is 32.1. The number of hydrogen-bond acceptors (Lipinski definition) is 5. The molecular formula is C23H27FN4OS. The van der Waals surface area contributed by atoms with Crippen molar-refractivity contribution in [3.05, 3.63) is 51.7 Å². The number of amides is 1. The van der Waals surface area contributed by atoms with Crippen molar-refractivity contribution < 1.29 is 9.18 Å². The molecule has 1 fully saturated rings. The zero-order valence-electron chi connectivity index (χ0n) is 17.6. The smallest absolute Gasteiger partial charge is 0.223 e. The fraction of sp³-hybridized carbons (Fsp3) is 0.435. The largest absolute Gasteiger partial charge is 0.356 e. The second-order valence-electron chi connectivity index (χ2n) is 7.91. The van der Waals surface area contributed by atoms with Crippen molar-refractivity contribution in [1.29, 1.82) is 0 Å². The zero-order chi connectivity index (χ0) is 21.3. The topological polar surface area (TPSA) is 58.1 Å². The van der Waals surface area contributed by atoms with Gasteiger partial charge in [-0.15, -0.1) is 11.3 Å². The molecule has 30 heavy (non-hydrogen) atoms. The van der Waals surface area contributed by atoms with Gasteiger partial charge in [0.25, 0.3) is 0 Å². The van der Waals surface area contributed by atoms with Crippen LogP contribution < -0.4 is 10.2 Å². The number of piperidine rings is 1. The summed E-state index contributed by atoms with van der Waals surface area (Å²) in [5.41, 5.74) is 1.93. The number of hydrogen-bond donors (Lipinski definition) is 1. The zero-order valence-corrected chi connectivity index (χ0v) is 18.4. The summed E-state index contributed by atoms with van der Waals surface area (Å²) in [5, 5.41) is 6.34. The molecule has 0 radical (unpaired) electrons. The second kappa shape index (κ2) is 8.68. The first-order valence-electron chi connectivity index (χ1n) is 10.5. The molecule has 1 aliphatic rings. The quantitative estimate of drug-likeness (QED) is 0.637. The van der Waals surface area contributed by atoms with Crippen LogP contribution >= 0.6 is 11.3 Å². The number of benzene rings is 1. The van der Waals surface area contributed by atoms with Crippen LogP contribution in [0.15, 0.2) is 29.6 Å². The maximum atomic E-state index is 13.1. The van der Waals surface area contributed by atoms with Crippen molar-refractivity contribution in [3.8, 4) is 0 Å². The van der Waals surface area contributed by atoms with E-state index in [0.29, 0.717) is 0 Å². The lowest BCUT2D eigenvalue weighted by Gasteiger charge is -2.33. The van der Waals surface area contributed by atoms with E-state index < -0.39 is 0 Å². The summed E-state index contributed by atoms with van der Waals surface area (Å²) >= 11 is 1.71. The molecule has 0 spiro atoms. The average Bonchev–Trinajstić information content (AvgIpc) is 3.14. The van der Waals surface area contributed by atoms with Crippen molar-refractivity contribution in [1.82, 2.24) is 15.3 Å². The van der Waals surface area contributed by atoms with Crippen LogP contribution in [0.3, 0.4) is 0 Å². The molecule has 2 aromatic heterocycles. The summed E-state index contributed by atoms with van der Waals surface area (Å²) in [6.45, 7) is 7.72. The molecule has 0 unspecified atom stereocenters. The number of aromatic nitrogens is 2. The third-order valence-corrected chi connectivity index (χ3v) is 6.77. The van der Waals surface area contributed by atoms with Crippen LogP contribution in [0.2, 0.25) is 0 Å². The molecule has 1 saturated heterocycles. The van der Waals surface area contributed by atoms with E-state index in [1.165, 1.54) is 17.0 Å². The van der Waals surface area contributed by atoms with Crippen LogP contribution in [0.1, 0.15) is 49.0 Å². The van der Waals surface area contributed by atoms with E-state index in [1.54, 1.807) is 23.5 Å². The summed E-state index contributed by atoms with van der Waals surface area (Å²) < 4.78 is 13.1. The first-order valence-corrected chi connectivity index (χ1v) is 11.4. The van der Waals surface area contributed by atoms with Gasteiger partial charge in [0.05, 0.1) is 16.9 Å². The molecule has 0 bridgehead atoms.